The van der Waals surface area contributed by atoms with Crippen LogP contribution in [0, 0.1) is 0 Å². The van der Waals surface area contributed by atoms with E-state index in [-0.39, 0.29) is 29.9 Å². The average molecular weight is 438 g/mol. The third-order valence-electron chi connectivity index (χ3n) is 5.23. The molecule has 0 saturated carbocycles. The predicted molar refractivity (Wildman–Crippen MR) is 116 cm³/mol. The Morgan fingerprint density at radius 3 is 2.75 bits per heavy atom. The van der Waals surface area contributed by atoms with E-state index in [1.807, 2.05) is 6.92 Å². The lowest BCUT2D eigenvalue weighted by atomic mass is 10.2. The van der Waals surface area contributed by atoms with Gasteiger partial charge in [-0.1, -0.05) is 25.5 Å². The number of para-hydroxylation sites is 1. The van der Waals surface area contributed by atoms with Crippen molar-refractivity contribution < 1.29 is 9.53 Å². The molecule has 0 spiro atoms. The molecule has 3 heterocycles. The largest absolute Gasteiger partial charge is 0.456 e. The van der Waals surface area contributed by atoms with E-state index in [0.717, 1.165) is 12.8 Å². The molecule has 4 rings (SSSR count). The minimum atomic E-state index is -0.659. The number of hydrogen-bond donors (Lipinski definition) is 1. The van der Waals surface area contributed by atoms with Gasteiger partial charge in [-0.05, 0) is 18.6 Å². The van der Waals surface area contributed by atoms with Crippen LogP contribution >= 0.6 is 0 Å². The zero-order valence-electron chi connectivity index (χ0n) is 17.7. The van der Waals surface area contributed by atoms with Gasteiger partial charge in [0.05, 0.1) is 17.2 Å². The summed E-state index contributed by atoms with van der Waals surface area (Å²) in [6.45, 7) is 1.87. The molecule has 1 N–H and O–H groups in total. The van der Waals surface area contributed by atoms with Gasteiger partial charge < -0.3 is 9.30 Å². The van der Waals surface area contributed by atoms with Gasteiger partial charge in [0.2, 0.25) is 0 Å². The maximum Gasteiger partial charge on any atom is 0.330 e. The molecule has 0 aliphatic heterocycles. The first-order chi connectivity index (χ1) is 15.4. The van der Waals surface area contributed by atoms with Crippen LogP contribution in [-0.4, -0.2) is 34.6 Å². The molecule has 11 nitrogen and oxygen atoms in total. The second-order valence-electron chi connectivity index (χ2n) is 7.38. The van der Waals surface area contributed by atoms with Gasteiger partial charge in [-0.25, -0.2) is 14.8 Å². The Labute approximate surface area is 180 Å². The van der Waals surface area contributed by atoms with E-state index < -0.39 is 17.2 Å². The van der Waals surface area contributed by atoms with Crippen LogP contribution in [0.5, 0.6) is 0 Å². The van der Waals surface area contributed by atoms with Crippen molar-refractivity contribution in [2.75, 3.05) is 0 Å². The smallest absolute Gasteiger partial charge is 0.330 e. The first-order valence-corrected chi connectivity index (χ1v) is 10.2. The minimum absolute atomic E-state index is 0.221. The number of carbonyl (C=O) groups excluding carboxylic acids is 1. The number of benzene rings is 1. The number of H-pyrrole nitrogens is 1. The summed E-state index contributed by atoms with van der Waals surface area (Å²) in [6, 6.07) is 6.85. The van der Waals surface area contributed by atoms with Crippen molar-refractivity contribution in [1.82, 2.24) is 28.7 Å². The summed E-state index contributed by atoms with van der Waals surface area (Å²) >= 11 is 0. The number of unbranched alkanes of at least 4 members (excludes halogenated alkanes) is 1. The molecular weight excluding hydrogens is 416 g/mol. The third kappa shape index (κ3) is 3.84. The fraction of sp³-hybridized carbons (Fsp3) is 0.333. The van der Waals surface area contributed by atoms with E-state index in [1.165, 1.54) is 20.0 Å². The molecule has 0 radical (unpaired) electrons. The van der Waals surface area contributed by atoms with Crippen molar-refractivity contribution in [1.29, 1.82) is 0 Å². The highest BCUT2D eigenvalue weighted by Gasteiger charge is 2.18. The maximum atomic E-state index is 12.5. The van der Waals surface area contributed by atoms with Crippen LogP contribution in [0.3, 0.4) is 0 Å². The lowest BCUT2D eigenvalue weighted by Crippen LogP contribution is -2.31. The predicted octanol–water partition coefficient (Wildman–Crippen LogP) is 0.677. The molecule has 0 aliphatic rings. The van der Waals surface area contributed by atoms with Crippen LogP contribution in [0.15, 0.2) is 45.0 Å². The molecule has 0 saturated heterocycles. The lowest BCUT2D eigenvalue weighted by Gasteiger charge is -2.07. The fourth-order valence-corrected chi connectivity index (χ4v) is 3.49. The monoisotopic (exact) mass is 438 g/mol. The van der Waals surface area contributed by atoms with Gasteiger partial charge in [0, 0.05) is 13.6 Å². The molecule has 1 aromatic carbocycles. The Kier molecular flexibility index (Phi) is 5.71. The first kappa shape index (κ1) is 21.2. The van der Waals surface area contributed by atoms with Crippen molar-refractivity contribution in [2.45, 2.75) is 39.5 Å². The topological polar surface area (TPSA) is 134 Å². The van der Waals surface area contributed by atoms with Crippen LogP contribution in [0.25, 0.3) is 22.1 Å². The van der Waals surface area contributed by atoms with Crippen molar-refractivity contribution in [3.05, 3.63) is 67.6 Å². The highest BCUT2D eigenvalue weighted by Crippen LogP contribution is 2.11. The molecule has 4 aromatic rings. The molecule has 0 aliphatic carbocycles. The van der Waals surface area contributed by atoms with Gasteiger partial charge in [0.25, 0.3) is 11.1 Å². The van der Waals surface area contributed by atoms with E-state index in [4.69, 9.17) is 4.74 Å². The summed E-state index contributed by atoms with van der Waals surface area (Å²) in [5.41, 5.74) is -0.416. The maximum absolute atomic E-state index is 12.5. The number of carbonyl (C=O) groups is 1. The average Bonchev–Trinajstić information content (AvgIpc) is 3.11. The summed E-state index contributed by atoms with van der Waals surface area (Å²) in [6.07, 6.45) is 2.91. The zero-order chi connectivity index (χ0) is 22.8. The molecule has 0 amide bonds. The standard InChI is InChI=1S/C21H22N6O5/c1-3-4-9-27-18-17(19(29)24-21(27)31)25(2)15(23-18)11-32-16(28)10-26-12-22-14-8-6-5-7-13(14)20(26)30/h5-8,12H,3-4,9-11H2,1-2H3,(H,24,29,31). The number of rotatable bonds is 7. The molecule has 0 fully saturated rings. The van der Waals surface area contributed by atoms with Crippen molar-refractivity contribution in [2.24, 2.45) is 7.05 Å². The number of hydrogen-bond acceptors (Lipinski definition) is 7. The number of esters is 1. The van der Waals surface area contributed by atoms with Crippen LogP contribution in [0.4, 0.5) is 0 Å². The Hall–Kier alpha value is -4.02. The first-order valence-electron chi connectivity index (χ1n) is 10.2. The number of ether oxygens (including phenoxy) is 1. The molecular formula is C21H22N6O5. The van der Waals surface area contributed by atoms with Crippen LogP contribution in [-0.2, 0) is 36.3 Å². The molecule has 166 valence electrons. The summed E-state index contributed by atoms with van der Waals surface area (Å²) in [7, 11) is 1.61. The van der Waals surface area contributed by atoms with Crippen molar-refractivity contribution in [3.8, 4) is 0 Å². The van der Waals surface area contributed by atoms with E-state index in [0.29, 0.717) is 23.3 Å². The number of nitrogens with one attached hydrogen (secondary N) is 1. The molecule has 3 aromatic heterocycles. The van der Waals surface area contributed by atoms with Crippen LogP contribution in [0.2, 0.25) is 0 Å². The number of aromatic amines is 1. The summed E-state index contributed by atoms with van der Waals surface area (Å²) < 4.78 is 9.37. The third-order valence-corrected chi connectivity index (χ3v) is 5.23. The van der Waals surface area contributed by atoms with Gasteiger partial charge >= 0.3 is 11.7 Å². The van der Waals surface area contributed by atoms with Crippen molar-refractivity contribution >= 4 is 28.0 Å². The van der Waals surface area contributed by atoms with E-state index >= 15 is 0 Å². The number of fused-ring (bicyclic) bond motifs is 2. The fourth-order valence-electron chi connectivity index (χ4n) is 3.49. The number of aryl methyl sites for hydroxylation is 2. The van der Waals surface area contributed by atoms with Crippen molar-refractivity contribution in [3.63, 3.8) is 0 Å². The highest BCUT2D eigenvalue weighted by atomic mass is 16.5. The summed E-state index contributed by atoms with van der Waals surface area (Å²) in [5, 5.41) is 0.405. The SMILES string of the molecule is CCCCn1c(=O)[nH]c(=O)c2c1nc(COC(=O)Cn1cnc3ccccc3c1=O)n2C. The van der Waals surface area contributed by atoms with Crippen LogP contribution in [0.1, 0.15) is 25.6 Å². The van der Waals surface area contributed by atoms with E-state index in [1.54, 1.807) is 31.3 Å². The van der Waals surface area contributed by atoms with Gasteiger partial charge in [-0.15, -0.1) is 0 Å². The Morgan fingerprint density at radius 2 is 1.97 bits per heavy atom. The zero-order valence-corrected chi connectivity index (χ0v) is 17.7. The van der Waals surface area contributed by atoms with Gasteiger partial charge in [-0.2, -0.15) is 0 Å². The molecule has 0 unspecified atom stereocenters. The normalized spacial score (nSPS) is 11.3. The Bertz CT molecular complexity index is 1490. The Balaban J connectivity index is 1.56. The molecule has 11 heteroatoms. The lowest BCUT2D eigenvalue weighted by molar-refractivity contribution is -0.146. The second-order valence-corrected chi connectivity index (χ2v) is 7.38. The van der Waals surface area contributed by atoms with Gasteiger partial charge in [0.15, 0.2) is 11.2 Å². The van der Waals surface area contributed by atoms with E-state index in [9.17, 15) is 19.2 Å². The summed E-state index contributed by atoms with van der Waals surface area (Å²) in [5.74, 6) is -0.354. The number of aromatic nitrogens is 6. The molecule has 0 atom stereocenters. The quantitative estimate of drug-likeness (QED) is 0.419. The number of nitrogens with zero attached hydrogens (tertiary/aromatic N) is 5. The molecule has 0 bridgehead atoms. The van der Waals surface area contributed by atoms with Gasteiger partial charge in [0.1, 0.15) is 19.0 Å². The Morgan fingerprint density at radius 1 is 1.19 bits per heavy atom. The number of imidazole rings is 1. The second kappa shape index (κ2) is 8.61. The van der Waals surface area contributed by atoms with E-state index in [2.05, 4.69) is 15.0 Å². The minimum Gasteiger partial charge on any atom is -0.456 e. The van der Waals surface area contributed by atoms with Crippen LogP contribution < -0.4 is 16.8 Å². The highest BCUT2D eigenvalue weighted by molar-refractivity contribution is 5.77. The summed E-state index contributed by atoms with van der Waals surface area (Å²) in [4.78, 5) is 60.3. The molecule has 32 heavy (non-hydrogen) atoms. The van der Waals surface area contributed by atoms with Gasteiger partial charge in [-0.3, -0.25) is 28.5 Å².